The van der Waals surface area contributed by atoms with Gasteiger partial charge in [0.1, 0.15) is 5.75 Å². The van der Waals surface area contributed by atoms with Gasteiger partial charge in [-0.05, 0) is 91.9 Å². The second kappa shape index (κ2) is 4.74. The monoisotopic (exact) mass is 300 g/mol. The Kier molecular flexibility index (Phi) is 3.14. The first-order chi connectivity index (χ1) is 10.5. The Morgan fingerprint density at radius 3 is 2.73 bits per heavy atom. The normalized spacial score (nSPS) is 43.2. The van der Waals surface area contributed by atoms with Gasteiger partial charge in [0.2, 0.25) is 0 Å². The Morgan fingerprint density at radius 2 is 1.95 bits per heavy atom. The van der Waals surface area contributed by atoms with Gasteiger partial charge in [-0.15, -0.1) is 0 Å². The van der Waals surface area contributed by atoms with E-state index in [0.717, 1.165) is 24.5 Å². The highest BCUT2D eigenvalue weighted by molar-refractivity contribution is 5.40. The quantitative estimate of drug-likeness (QED) is 0.838. The third-order valence-corrected chi connectivity index (χ3v) is 7.50. The number of ether oxygens (including phenoxy) is 1. The Labute approximate surface area is 133 Å². The molecule has 0 aliphatic heterocycles. The van der Waals surface area contributed by atoms with Gasteiger partial charge in [-0.3, -0.25) is 0 Å². The van der Waals surface area contributed by atoms with E-state index >= 15 is 0 Å². The SMILES string of the molecule is COc1ccc2c(c1)CCC1C2CC[C@@]2(C)C1CC[C@]2(C)O. The predicted molar refractivity (Wildman–Crippen MR) is 88.2 cm³/mol. The summed E-state index contributed by atoms with van der Waals surface area (Å²) in [7, 11) is 1.75. The third kappa shape index (κ3) is 1.83. The van der Waals surface area contributed by atoms with Crippen molar-refractivity contribution in [2.75, 3.05) is 7.11 Å². The van der Waals surface area contributed by atoms with Crippen molar-refractivity contribution < 1.29 is 9.84 Å². The van der Waals surface area contributed by atoms with Crippen molar-refractivity contribution >= 4 is 0 Å². The van der Waals surface area contributed by atoms with Crippen LogP contribution in [0.5, 0.6) is 5.75 Å². The molecule has 0 heterocycles. The van der Waals surface area contributed by atoms with E-state index in [2.05, 4.69) is 32.0 Å². The second-order valence-corrected chi connectivity index (χ2v) is 8.25. The van der Waals surface area contributed by atoms with E-state index in [1.165, 1.54) is 31.2 Å². The number of fused-ring (bicyclic) bond motifs is 5. The third-order valence-electron chi connectivity index (χ3n) is 7.50. The molecule has 120 valence electrons. The first-order valence-corrected chi connectivity index (χ1v) is 8.85. The molecule has 3 aliphatic rings. The van der Waals surface area contributed by atoms with Crippen LogP contribution in [0.4, 0.5) is 0 Å². The minimum Gasteiger partial charge on any atom is -0.497 e. The van der Waals surface area contributed by atoms with Gasteiger partial charge in [0.05, 0.1) is 12.7 Å². The van der Waals surface area contributed by atoms with Gasteiger partial charge in [-0.2, -0.15) is 0 Å². The highest BCUT2D eigenvalue weighted by Gasteiger charge is 2.59. The lowest BCUT2D eigenvalue weighted by Crippen LogP contribution is -2.49. The van der Waals surface area contributed by atoms with Crippen LogP contribution in [0, 0.1) is 17.3 Å². The molecule has 0 spiro atoms. The van der Waals surface area contributed by atoms with Gasteiger partial charge < -0.3 is 9.84 Å². The minimum absolute atomic E-state index is 0.123. The summed E-state index contributed by atoms with van der Waals surface area (Å²) in [6.45, 7) is 4.43. The van der Waals surface area contributed by atoms with Crippen LogP contribution in [0.25, 0.3) is 0 Å². The average molecular weight is 300 g/mol. The highest BCUT2D eigenvalue weighted by atomic mass is 16.5. The Morgan fingerprint density at radius 1 is 1.14 bits per heavy atom. The van der Waals surface area contributed by atoms with E-state index in [4.69, 9.17) is 4.74 Å². The van der Waals surface area contributed by atoms with Gasteiger partial charge in [0, 0.05) is 0 Å². The fraction of sp³-hybridized carbons (Fsp3) is 0.700. The fourth-order valence-corrected chi connectivity index (χ4v) is 5.93. The van der Waals surface area contributed by atoms with E-state index in [1.807, 2.05) is 0 Å². The summed E-state index contributed by atoms with van der Waals surface area (Å²) in [4.78, 5) is 0. The van der Waals surface area contributed by atoms with Gasteiger partial charge in [0.15, 0.2) is 0 Å². The number of methoxy groups -OCH3 is 1. The van der Waals surface area contributed by atoms with Crippen molar-refractivity contribution in [3.05, 3.63) is 29.3 Å². The minimum atomic E-state index is -0.469. The fourth-order valence-electron chi connectivity index (χ4n) is 5.93. The summed E-state index contributed by atoms with van der Waals surface area (Å²) in [5.41, 5.74) is 2.71. The predicted octanol–water partition coefficient (Wildman–Crippen LogP) is 4.30. The van der Waals surface area contributed by atoms with Crippen LogP contribution in [-0.2, 0) is 6.42 Å². The standard InChI is InChI=1S/C20H28O2/c1-19-10-8-16-15-7-5-14(22-3)12-13(15)4-6-17(16)18(19)9-11-20(19,2)21/h5,7,12,16-18,21H,4,6,8-11H2,1-3H3/t16?,17?,18?,19-,20-/m0/s1. The molecule has 5 atom stereocenters. The molecule has 22 heavy (non-hydrogen) atoms. The van der Waals surface area contributed by atoms with Gasteiger partial charge in [-0.25, -0.2) is 0 Å². The molecule has 2 heteroatoms. The molecule has 0 bridgehead atoms. The topological polar surface area (TPSA) is 29.5 Å². The maximum Gasteiger partial charge on any atom is 0.119 e. The molecule has 1 aromatic carbocycles. The van der Waals surface area contributed by atoms with Gasteiger partial charge >= 0.3 is 0 Å². The molecular weight excluding hydrogens is 272 g/mol. The molecule has 2 fully saturated rings. The number of aliphatic hydroxyl groups is 1. The van der Waals surface area contributed by atoms with Crippen molar-refractivity contribution in [3.8, 4) is 5.75 Å². The molecular formula is C20H28O2. The number of hydrogen-bond donors (Lipinski definition) is 1. The summed E-state index contributed by atoms with van der Waals surface area (Å²) in [6.07, 6.45) is 7.02. The van der Waals surface area contributed by atoms with Gasteiger partial charge in [-0.1, -0.05) is 13.0 Å². The lowest BCUT2D eigenvalue weighted by molar-refractivity contribution is -0.0901. The van der Waals surface area contributed by atoms with Crippen LogP contribution in [0.3, 0.4) is 0 Å². The van der Waals surface area contributed by atoms with E-state index in [1.54, 1.807) is 12.7 Å². The van der Waals surface area contributed by atoms with Crippen LogP contribution in [-0.4, -0.2) is 17.8 Å². The maximum atomic E-state index is 10.9. The van der Waals surface area contributed by atoms with E-state index < -0.39 is 5.60 Å². The average Bonchev–Trinajstić information content (AvgIpc) is 2.76. The second-order valence-electron chi connectivity index (χ2n) is 8.25. The molecule has 0 aromatic heterocycles. The zero-order valence-corrected chi connectivity index (χ0v) is 14.1. The van der Waals surface area contributed by atoms with Crippen LogP contribution in [0.2, 0.25) is 0 Å². The number of hydrogen-bond acceptors (Lipinski definition) is 2. The van der Waals surface area contributed by atoms with Crippen LogP contribution in [0.15, 0.2) is 18.2 Å². The van der Waals surface area contributed by atoms with Crippen molar-refractivity contribution in [1.29, 1.82) is 0 Å². The first-order valence-electron chi connectivity index (χ1n) is 8.85. The summed E-state index contributed by atoms with van der Waals surface area (Å²) in [6, 6.07) is 6.67. The lowest BCUT2D eigenvalue weighted by Gasteiger charge is -2.52. The largest absolute Gasteiger partial charge is 0.497 e. The lowest BCUT2D eigenvalue weighted by atomic mass is 9.53. The van der Waals surface area contributed by atoms with Crippen LogP contribution in [0.1, 0.15) is 63.0 Å². The summed E-state index contributed by atoms with van der Waals surface area (Å²) in [5, 5.41) is 10.9. The zero-order valence-electron chi connectivity index (χ0n) is 14.1. The van der Waals surface area contributed by atoms with E-state index in [9.17, 15) is 5.11 Å². The van der Waals surface area contributed by atoms with Crippen molar-refractivity contribution in [3.63, 3.8) is 0 Å². The van der Waals surface area contributed by atoms with Crippen molar-refractivity contribution in [2.45, 2.75) is 63.9 Å². The molecule has 2 saturated carbocycles. The molecule has 2 nitrogen and oxygen atoms in total. The van der Waals surface area contributed by atoms with Crippen molar-refractivity contribution in [1.82, 2.24) is 0 Å². The maximum absolute atomic E-state index is 10.9. The molecule has 0 radical (unpaired) electrons. The molecule has 1 N–H and O–H groups in total. The first kappa shape index (κ1) is 14.6. The van der Waals surface area contributed by atoms with E-state index in [0.29, 0.717) is 11.8 Å². The summed E-state index contributed by atoms with van der Waals surface area (Å²) < 4.78 is 5.40. The van der Waals surface area contributed by atoms with E-state index in [-0.39, 0.29) is 5.41 Å². The molecule has 4 rings (SSSR count). The number of benzene rings is 1. The smallest absolute Gasteiger partial charge is 0.119 e. The van der Waals surface area contributed by atoms with Crippen LogP contribution < -0.4 is 4.74 Å². The zero-order chi connectivity index (χ0) is 15.5. The highest BCUT2D eigenvalue weighted by Crippen LogP contribution is 2.64. The molecule has 3 aliphatic carbocycles. The molecule has 0 amide bonds. The van der Waals surface area contributed by atoms with Gasteiger partial charge in [0.25, 0.3) is 0 Å². The molecule has 0 saturated heterocycles. The number of aryl methyl sites for hydroxylation is 1. The number of rotatable bonds is 1. The summed E-state index contributed by atoms with van der Waals surface area (Å²) >= 11 is 0. The van der Waals surface area contributed by atoms with Crippen molar-refractivity contribution in [2.24, 2.45) is 17.3 Å². The molecule has 3 unspecified atom stereocenters. The Balaban J connectivity index is 1.69. The Hall–Kier alpha value is -1.02. The van der Waals surface area contributed by atoms with Crippen LogP contribution >= 0.6 is 0 Å². The Bertz CT molecular complexity index is 591. The summed E-state index contributed by atoms with van der Waals surface area (Å²) in [5.74, 6) is 3.13. The molecule has 1 aromatic rings.